The van der Waals surface area contributed by atoms with Crippen molar-refractivity contribution in [3.63, 3.8) is 0 Å². The highest BCUT2D eigenvalue weighted by Gasteiger charge is 2.03. The van der Waals surface area contributed by atoms with Crippen LogP contribution < -0.4 is 5.11 Å². The van der Waals surface area contributed by atoms with Crippen LogP contribution in [0.5, 0.6) is 0 Å². The average Bonchev–Trinajstić information content (AvgIpc) is 1.82. The lowest BCUT2D eigenvalue weighted by atomic mass is 10.1. The predicted octanol–water partition coefficient (Wildman–Crippen LogP) is -0.175. The van der Waals surface area contributed by atoms with E-state index in [1.54, 1.807) is 6.92 Å². The van der Waals surface area contributed by atoms with E-state index in [4.69, 9.17) is 10.5 Å². The largest absolute Gasteiger partial charge is 0.862 e. The van der Waals surface area contributed by atoms with Crippen molar-refractivity contribution >= 4 is 11.9 Å². The molecule has 0 aromatic heterocycles. The van der Waals surface area contributed by atoms with E-state index in [0.29, 0.717) is 0 Å². The normalized spacial score (nSPS) is 12.5. The molecule has 2 N–H and O–H groups in total. The molecule has 1 atom stereocenters. The smallest absolute Gasteiger partial charge is 0.303 e. The zero-order valence-electron chi connectivity index (χ0n) is 5.76. The molecule has 0 bridgehead atoms. The summed E-state index contributed by atoms with van der Waals surface area (Å²) in [6, 6.07) is 0. The number of hydrogen-bond donors (Lipinski definition) is 2. The van der Waals surface area contributed by atoms with Crippen molar-refractivity contribution in [3.8, 4) is 0 Å². The molecule has 0 amide bonds. The summed E-state index contributed by atoms with van der Waals surface area (Å²) in [5, 5.41) is 25.0. The zero-order chi connectivity index (χ0) is 8.15. The summed E-state index contributed by atoms with van der Waals surface area (Å²) in [6.45, 7) is 1.55. The fourth-order valence-electron chi connectivity index (χ4n) is 0.471. The molecule has 4 heteroatoms. The highest BCUT2D eigenvalue weighted by atomic mass is 16.4. The maximum Gasteiger partial charge on any atom is 0.303 e. The second kappa shape index (κ2) is 3.87. The third-order valence-electron chi connectivity index (χ3n) is 1.24. The molecule has 0 aliphatic heterocycles. The quantitative estimate of drug-likeness (QED) is 0.424. The van der Waals surface area contributed by atoms with Crippen LogP contribution in [0.15, 0.2) is 0 Å². The second-order valence-corrected chi connectivity index (χ2v) is 2.20. The first-order valence-electron chi connectivity index (χ1n) is 3.01. The van der Waals surface area contributed by atoms with E-state index in [0.717, 1.165) is 0 Å². The van der Waals surface area contributed by atoms with Crippen molar-refractivity contribution in [2.75, 3.05) is 0 Å². The van der Waals surface area contributed by atoms with Gasteiger partial charge in [-0.25, -0.2) is 0 Å². The lowest BCUT2D eigenvalue weighted by Gasteiger charge is -2.14. The van der Waals surface area contributed by atoms with E-state index in [1.807, 2.05) is 0 Å². The number of nitrogens with one attached hydrogen (secondary N) is 1. The van der Waals surface area contributed by atoms with Gasteiger partial charge in [0.1, 0.15) is 0 Å². The van der Waals surface area contributed by atoms with Crippen LogP contribution in [0.4, 0.5) is 0 Å². The van der Waals surface area contributed by atoms with Gasteiger partial charge in [0.05, 0.1) is 0 Å². The van der Waals surface area contributed by atoms with Gasteiger partial charge < -0.3 is 15.6 Å². The minimum Gasteiger partial charge on any atom is -0.862 e. The van der Waals surface area contributed by atoms with Gasteiger partial charge in [0.15, 0.2) is 0 Å². The fraction of sp³-hybridized carbons (Fsp3) is 0.667. The maximum atomic E-state index is 10.2. The third-order valence-corrected chi connectivity index (χ3v) is 1.24. The Bertz CT molecular complexity index is 144. The van der Waals surface area contributed by atoms with Crippen LogP contribution in [0, 0.1) is 11.3 Å². The lowest BCUT2D eigenvalue weighted by Crippen LogP contribution is -2.24. The molecule has 0 aliphatic carbocycles. The van der Waals surface area contributed by atoms with E-state index in [9.17, 15) is 9.90 Å². The SMILES string of the molecule is C[C@@H](CCC(=O)O)C(=N)[O-]. The van der Waals surface area contributed by atoms with Crippen LogP contribution in [0.1, 0.15) is 19.8 Å². The van der Waals surface area contributed by atoms with Gasteiger partial charge in [-0.15, -0.1) is 0 Å². The Morgan fingerprint density at radius 2 is 2.30 bits per heavy atom. The third kappa shape index (κ3) is 3.88. The van der Waals surface area contributed by atoms with Gasteiger partial charge >= 0.3 is 5.97 Å². The summed E-state index contributed by atoms with van der Waals surface area (Å²) in [6.07, 6.45) is 0.226. The number of hydrogen-bond acceptors (Lipinski definition) is 3. The highest BCUT2D eigenvalue weighted by Crippen LogP contribution is 2.03. The van der Waals surface area contributed by atoms with Crippen LogP contribution in [0.25, 0.3) is 0 Å². The summed E-state index contributed by atoms with van der Waals surface area (Å²) < 4.78 is 0. The van der Waals surface area contributed by atoms with Gasteiger partial charge in [-0.1, -0.05) is 6.92 Å². The first-order valence-corrected chi connectivity index (χ1v) is 3.01. The van der Waals surface area contributed by atoms with Gasteiger partial charge in [-0.2, -0.15) is 0 Å². The van der Waals surface area contributed by atoms with Crippen molar-refractivity contribution in [2.45, 2.75) is 19.8 Å². The Morgan fingerprint density at radius 1 is 1.80 bits per heavy atom. The van der Waals surface area contributed by atoms with Gasteiger partial charge in [0.25, 0.3) is 0 Å². The molecule has 0 aromatic carbocycles. The molecule has 0 rings (SSSR count). The molecule has 0 unspecified atom stereocenters. The Balaban J connectivity index is 3.49. The van der Waals surface area contributed by atoms with Crippen molar-refractivity contribution in [2.24, 2.45) is 5.92 Å². The first-order chi connectivity index (χ1) is 4.54. The monoisotopic (exact) mass is 144 g/mol. The summed E-state index contributed by atoms with van der Waals surface area (Å²) in [5.74, 6) is -2.06. The van der Waals surface area contributed by atoms with Crippen LogP contribution >= 0.6 is 0 Å². The van der Waals surface area contributed by atoms with Crippen LogP contribution in [-0.4, -0.2) is 17.0 Å². The van der Waals surface area contributed by atoms with Crippen LogP contribution in [-0.2, 0) is 4.79 Å². The summed E-state index contributed by atoms with van der Waals surface area (Å²) in [5.41, 5.74) is 0. The molecule has 0 spiro atoms. The van der Waals surface area contributed by atoms with E-state index in [-0.39, 0.29) is 12.8 Å². The van der Waals surface area contributed by atoms with Gasteiger partial charge in [0.2, 0.25) is 0 Å². The molecular formula is C6H10NO3-. The van der Waals surface area contributed by atoms with Crippen molar-refractivity contribution in [3.05, 3.63) is 0 Å². The average molecular weight is 144 g/mol. The minimum atomic E-state index is -0.923. The van der Waals surface area contributed by atoms with Crippen molar-refractivity contribution in [1.29, 1.82) is 5.41 Å². The van der Waals surface area contributed by atoms with E-state index >= 15 is 0 Å². The lowest BCUT2D eigenvalue weighted by molar-refractivity contribution is -0.225. The Labute approximate surface area is 59.0 Å². The van der Waals surface area contributed by atoms with Gasteiger partial charge in [-0.05, 0) is 18.2 Å². The van der Waals surface area contributed by atoms with Crippen LogP contribution in [0.2, 0.25) is 0 Å². The summed E-state index contributed by atoms with van der Waals surface area (Å²) in [7, 11) is 0. The first kappa shape index (κ1) is 8.94. The molecule has 0 fully saturated rings. The van der Waals surface area contributed by atoms with E-state index < -0.39 is 17.8 Å². The number of carboxylic acids is 1. The molecule has 58 valence electrons. The number of carboxylic acid groups (broad SMARTS) is 1. The second-order valence-electron chi connectivity index (χ2n) is 2.20. The maximum absolute atomic E-state index is 10.2. The zero-order valence-corrected chi connectivity index (χ0v) is 5.76. The molecule has 0 saturated carbocycles. The van der Waals surface area contributed by atoms with E-state index in [1.165, 1.54) is 0 Å². The molecule has 4 nitrogen and oxygen atoms in total. The molecule has 0 heterocycles. The van der Waals surface area contributed by atoms with Crippen LogP contribution in [0.3, 0.4) is 0 Å². The topological polar surface area (TPSA) is 84.2 Å². The van der Waals surface area contributed by atoms with Gasteiger partial charge in [0, 0.05) is 6.42 Å². The minimum absolute atomic E-state index is 0.0359. The van der Waals surface area contributed by atoms with E-state index in [2.05, 4.69) is 0 Å². The van der Waals surface area contributed by atoms with Gasteiger partial charge in [-0.3, -0.25) is 4.79 Å². The standard InChI is InChI=1S/C6H11NO3/c1-4(6(7)10)2-3-5(8)9/h4H,2-3H2,1H3,(H2,7,10)(H,8,9)/p-1/t4-/m0/s1. The molecule has 0 saturated heterocycles. The fourth-order valence-corrected chi connectivity index (χ4v) is 0.471. The predicted molar refractivity (Wildman–Crippen MR) is 33.8 cm³/mol. The Hall–Kier alpha value is -1.06. The summed E-state index contributed by atoms with van der Waals surface area (Å²) in [4.78, 5) is 9.95. The highest BCUT2D eigenvalue weighted by molar-refractivity contribution is 5.72. The van der Waals surface area contributed by atoms with Crippen molar-refractivity contribution in [1.82, 2.24) is 0 Å². The Kier molecular flexibility index (Phi) is 3.46. The molecule has 0 aliphatic rings. The molecular weight excluding hydrogens is 134 g/mol. The molecule has 0 radical (unpaired) electrons. The number of carbonyl (C=O) groups is 1. The summed E-state index contributed by atoms with van der Waals surface area (Å²) >= 11 is 0. The number of rotatable bonds is 4. The number of aliphatic carboxylic acids is 1. The Morgan fingerprint density at radius 3 is 2.60 bits per heavy atom. The van der Waals surface area contributed by atoms with Crippen molar-refractivity contribution < 1.29 is 15.0 Å². The molecule has 10 heavy (non-hydrogen) atoms. The molecule has 0 aromatic rings.